The molecular formula is C24H22F2N4O4. The van der Waals surface area contributed by atoms with Crippen molar-refractivity contribution < 1.29 is 23.1 Å². The van der Waals surface area contributed by atoms with Gasteiger partial charge in [0.2, 0.25) is 11.3 Å². The van der Waals surface area contributed by atoms with Crippen LogP contribution in [0.1, 0.15) is 24.1 Å². The summed E-state index contributed by atoms with van der Waals surface area (Å²) in [5.74, 6) is -1.45. The quantitative estimate of drug-likeness (QED) is 0.575. The summed E-state index contributed by atoms with van der Waals surface area (Å²) in [5.41, 5.74) is 1.13. The zero-order valence-corrected chi connectivity index (χ0v) is 18.2. The average molecular weight is 468 g/mol. The Balaban J connectivity index is 1.40. The Labute approximate surface area is 193 Å². The standard InChI is InChI=1S/C24H22F2N4O4/c25-17-13-18(26)15-20(14-17)30-8-6-22(31)21(28-30)12-16-3-1-4-19(11-16)27-24(33)34-10-9-29-7-2-5-23(29)32/h1,3-4,6,8,11,13-15H,2,5,7,9-10,12H2,(H,27,33). The molecule has 1 fully saturated rings. The molecule has 1 aliphatic rings. The summed E-state index contributed by atoms with van der Waals surface area (Å²) in [7, 11) is 0. The molecule has 1 saturated heterocycles. The van der Waals surface area contributed by atoms with Gasteiger partial charge in [-0.05, 0) is 36.2 Å². The highest BCUT2D eigenvalue weighted by Gasteiger charge is 2.19. The summed E-state index contributed by atoms with van der Waals surface area (Å²) in [6, 6.07) is 11.1. The SMILES string of the molecule is O=C(Nc1cccc(Cc2nn(-c3cc(F)cc(F)c3)ccc2=O)c1)OCCN1CCCC1=O. The number of nitrogens with one attached hydrogen (secondary N) is 1. The molecule has 8 nitrogen and oxygen atoms in total. The number of benzene rings is 2. The number of nitrogens with zero attached hydrogens (tertiary/aromatic N) is 3. The zero-order valence-electron chi connectivity index (χ0n) is 18.2. The smallest absolute Gasteiger partial charge is 0.411 e. The third kappa shape index (κ3) is 5.83. The van der Waals surface area contributed by atoms with E-state index >= 15 is 0 Å². The van der Waals surface area contributed by atoms with E-state index in [0.29, 0.717) is 30.8 Å². The van der Waals surface area contributed by atoms with Gasteiger partial charge in [-0.2, -0.15) is 5.10 Å². The molecule has 0 radical (unpaired) electrons. The van der Waals surface area contributed by atoms with Crippen LogP contribution in [0.4, 0.5) is 19.3 Å². The van der Waals surface area contributed by atoms with Gasteiger partial charge in [0.15, 0.2) is 0 Å². The third-order valence-corrected chi connectivity index (χ3v) is 5.30. The molecule has 3 aromatic rings. The van der Waals surface area contributed by atoms with E-state index < -0.39 is 17.7 Å². The molecule has 2 aromatic carbocycles. The summed E-state index contributed by atoms with van der Waals surface area (Å²) in [6.45, 7) is 1.12. The van der Waals surface area contributed by atoms with E-state index in [0.717, 1.165) is 24.6 Å². The minimum absolute atomic E-state index is 0.0628. The monoisotopic (exact) mass is 468 g/mol. The number of carbonyl (C=O) groups excluding carboxylic acids is 2. The van der Waals surface area contributed by atoms with Crippen molar-refractivity contribution in [3.05, 3.63) is 87.8 Å². The fourth-order valence-corrected chi connectivity index (χ4v) is 3.68. The number of rotatable bonds is 7. The molecule has 2 heterocycles. The lowest BCUT2D eigenvalue weighted by Crippen LogP contribution is -2.30. The second-order valence-electron chi connectivity index (χ2n) is 7.82. The molecular weight excluding hydrogens is 446 g/mol. The molecule has 10 heteroatoms. The van der Waals surface area contributed by atoms with Crippen molar-refractivity contribution in [2.75, 3.05) is 25.0 Å². The van der Waals surface area contributed by atoms with Crippen LogP contribution in [-0.4, -0.2) is 46.4 Å². The lowest BCUT2D eigenvalue weighted by molar-refractivity contribution is -0.128. The van der Waals surface area contributed by atoms with Gasteiger partial charge in [0.05, 0.1) is 12.2 Å². The van der Waals surface area contributed by atoms with E-state index in [1.807, 2.05) is 0 Å². The Morgan fingerprint density at radius 3 is 2.62 bits per heavy atom. The Morgan fingerprint density at radius 1 is 1.09 bits per heavy atom. The number of ether oxygens (including phenoxy) is 1. The minimum Gasteiger partial charge on any atom is -0.447 e. The molecule has 4 rings (SSSR count). The third-order valence-electron chi connectivity index (χ3n) is 5.30. The van der Waals surface area contributed by atoms with E-state index in [9.17, 15) is 23.2 Å². The summed E-state index contributed by atoms with van der Waals surface area (Å²) in [4.78, 5) is 37.6. The van der Waals surface area contributed by atoms with E-state index in [-0.39, 0.29) is 35.7 Å². The Kier molecular flexibility index (Phi) is 6.95. The highest BCUT2D eigenvalue weighted by molar-refractivity contribution is 5.84. The fourth-order valence-electron chi connectivity index (χ4n) is 3.68. The number of hydrogen-bond donors (Lipinski definition) is 1. The molecule has 34 heavy (non-hydrogen) atoms. The maximum absolute atomic E-state index is 13.6. The van der Waals surface area contributed by atoms with E-state index in [1.165, 1.54) is 16.9 Å². The topological polar surface area (TPSA) is 93.5 Å². The number of anilines is 1. The normalized spacial score (nSPS) is 13.2. The Hall–Kier alpha value is -4.08. The molecule has 1 aliphatic heterocycles. The summed E-state index contributed by atoms with van der Waals surface area (Å²) < 4.78 is 33.5. The van der Waals surface area contributed by atoms with Crippen LogP contribution in [0.3, 0.4) is 0 Å². The second-order valence-corrected chi connectivity index (χ2v) is 7.82. The molecule has 0 aliphatic carbocycles. The first-order valence-electron chi connectivity index (χ1n) is 10.7. The molecule has 2 amide bonds. The van der Waals surface area contributed by atoms with Crippen molar-refractivity contribution in [1.82, 2.24) is 14.7 Å². The van der Waals surface area contributed by atoms with Crippen molar-refractivity contribution in [1.29, 1.82) is 0 Å². The minimum atomic E-state index is -0.755. The van der Waals surface area contributed by atoms with E-state index in [2.05, 4.69) is 10.4 Å². The van der Waals surface area contributed by atoms with Gasteiger partial charge in [0.25, 0.3) is 0 Å². The first-order chi connectivity index (χ1) is 16.4. The number of carbonyl (C=O) groups is 2. The highest BCUT2D eigenvalue weighted by atomic mass is 19.1. The predicted molar refractivity (Wildman–Crippen MR) is 120 cm³/mol. The van der Waals surface area contributed by atoms with E-state index in [4.69, 9.17) is 4.74 Å². The average Bonchev–Trinajstić information content (AvgIpc) is 3.19. The maximum Gasteiger partial charge on any atom is 0.411 e. The Morgan fingerprint density at radius 2 is 1.88 bits per heavy atom. The maximum atomic E-state index is 13.6. The number of amides is 2. The molecule has 0 bridgehead atoms. The van der Waals surface area contributed by atoms with Gasteiger partial charge in [-0.3, -0.25) is 14.9 Å². The van der Waals surface area contributed by atoms with Crippen molar-refractivity contribution >= 4 is 17.7 Å². The Bertz CT molecular complexity index is 1260. The largest absolute Gasteiger partial charge is 0.447 e. The van der Waals surface area contributed by atoms with Crippen LogP contribution in [-0.2, 0) is 16.0 Å². The lowest BCUT2D eigenvalue weighted by Gasteiger charge is -2.15. The summed E-state index contributed by atoms with van der Waals surface area (Å²) in [6.07, 6.45) is 2.16. The van der Waals surface area contributed by atoms with Gasteiger partial charge in [0, 0.05) is 43.4 Å². The van der Waals surface area contributed by atoms with Gasteiger partial charge in [-0.1, -0.05) is 12.1 Å². The fraction of sp³-hybridized carbons (Fsp3) is 0.250. The first kappa shape index (κ1) is 23.1. The molecule has 176 valence electrons. The summed E-state index contributed by atoms with van der Waals surface area (Å²) >= 11 is 0. The zero-order chi connectivity index (χ0) is 24.1. The number of halogens is 2. The number of hydrogen-bond acceptors (Lipinski definition) is 5. The molecule has 1 N–H and O–H groups in total. The van der Waals surface area contributed by atoms with Gasteiger partial charge in [-0.25, -0.2) is 18.3 Å². The van der Waals surface area contributed by atoms with Crippen molar-refractivity contribution in [3.8, 4) is 5.69 Å². The van der Waals surface area contributed by atoms with Crippen molar-refractivity contribution in [2.24, 2.45) is 0 Å². The van der Waals surface area contributed by atoms with Crippen LogP contribution in [0, 0.1) is 11.6 Å². The van der Waals surface area contributed by atoms with Crippen LogP contribution in [0.5, 0.6) is 0 Å². The molecule has 0 atom stereocenters. The molecule has 1 aromatic heterocycles. The van der Waals surface area contributed by atoms with Crippen LogP contribution >= 0.6 is 0 Å². The van der Waals surface area contributed by atoms with Crippen molar-refractivity contribution in [2.45, 2.75) is 19.3 Å². The first-order valence-corrected chi connectivity index (χ1v) is 10.7. The highest BCUT2D eigenvalue weighted by Crippen LogP contribution is 2.15. The van der Waals surface area contributed by atoms with Gasteiger partial charge in [0.1, 0.15) is 23.9 Å². The van der Waals surface area contributed by atoms with E-state index in [1.54, 1.807) is 29.2 Å². The van der Waals surface area contributed by atoms with Crippen molar-refractivity contribution in [3.63, 3.8) is 0 Å². The summed E-state index contributed by atoms with van der Waals surface area (Å²) in [5, 5.41) is 6.84. The second kappa shape index (κ2) is 10.2. The van der Waals surface area contributed by atoms with Gasteiger partial charge in [-0.15, -0.1) is 0 Å². The number of likely N-dealkylation sites (tertiary alicyclic amines) is 1. The van der Waals surface area contributed by atoms with Gasteiger partial charge < -0.3 is 9.64 Å². The molecule has 0 saturated carbocycles. The van der Waals surface area contributed by atoms with Gasteiger partial charge >= 0.3 is 6.09 Å². The van der Waals surface area contributed by atoms with Crippen LogP contribution in [0.2, 0.25) is 0 Å². The lowest BCUT2D eigenvalue weighted by atomic mass is 10.1. The number of aromatic nitrogens is 2. The predicted octanol–water partition coefficient (Wildman–Crippen LogP) is 3.27. The molecule has 0 spiro atoms. The van der Waals surface area contributed by atoms with Crippen LogP contribution in [0.25, 0.3) is 5.69 Å². The van der Waals surface area contributed by atoms with Crippen LogP contribution < -0.4 is 10.7 Å². The van der Waals surface area contributed by atoms with Crippen LogP contribution in [0.15, 0.2) is 59.5 Å². The molecule has 0 unspecified atom stereocenters.